The van der Waals surface area contributed by atoms with Gasteiger partial charge in [-0.3, -0.25) is 9.59 Å². The highest BCUT2D eigenvalue weighted by atomic mass is 16.1. The molecule has 0 spiro atoms. The lowest BCUT2D eigenvalue weighted by Gasteiger charge is -2.29. The van der Waals surface area contributed by atoms with Gasteiger partial charge in [-0.1, -0.05) is 20.4 Å². The second kappa shape index (κ2) is 3.68. The summed E-state index contributed by atoms with van der Waals surface area (Å²) in [7, 11) is 0. The summed E-state index contributed by atoms with van der Waals surface area (Å²) < 4.78 is 0. The van der Waals surface area contributed by atoms with Gasteiger partial charge in [0.1, 0.15) is 5.78 Å². The minimum atomic E-state index is -0.344. The molecular weight excluding hydrogens is 176 g/mol. The summed E-state index contributed by atoms with van der Waals surface area (Å²) in [4.78, 5) is 22.9. The first-order valence-electron chi connectivity index (χ1n) is 5.16. The lowest BCUT2D eigenvalue weighted by molar-refractivity contribution is -0.126. The Labute approximate surface area is 85.4 Å². The highest BCUT2D eigenvalue weighted by Crippen LogP contribution is 2.46. The Morgan fingerprint density at radius 2 is 2.21 bits per heavy atom. The molecule has 78 valence electrons. The van der Waals surface area contributed by atoms with Crippen LogP contribution in [0.3, 0.4) is 0 Å². The average Bonchev–Trinajstić information content (AvgIpc) is 2.43. The molecule has 0 radical (unpaired) electrons. The van der Waals surface area contributed by atoms with Crippen LogP contribution in [0.15, 0.2) is 12.2 Å². The van der Waals surface area contributed by atoms with Gasteiger partial charge in [-0.2, -0.15) is 0 Å². The molecule has 2 atom stereocenters. The molecule has 0 aromatic rings. The van der Waals surface area contributed by atoms with Gasteiger partial charge in [0.2, 0.25) is 0 Å². The monoisotopic (exact) mass is 194 g/mol. The Hall–Kier alpha value is -0.920. The molecule has 0 bridgehead atoms. The number of carbonyl (C=O) groups excluding carboxylic acids is 2. The first kappa shape index (κ1) is 11.2. The van der Waals surface area contributed by atoms with Crippen LogP contribution in [0.5, 0.6) is 0 Å². The summed E-state index contributed by atoms with van der Waals surface area (Å²) in [6.07, 6.45) is 2.19. The molecule has 1 fully saturated rings. The Balaban J connectivity index is 2.96. The van der Waals surface area contributed by atoms with E-state index in [4.69, 9.17) is 0 Å². The van der Waals surface area contributed by atoms with Crippen LogP contribution in [-0.2, 0) is 9.59 Å². The molecule has 1 aliphatic carbocycles. The van der Waals surface area contributed by atoms with Gasteiger partial charge in [-0.15, -0.1) is 0 Å². The van der Waals surface area contributed by atoms with E-state index in [1.807, 2.05) is 13.8 Å². The smallest absolute Gasteiger partial charge is 0.155 e. The molecule has 2 heteroatoms. The van der Waals surface area contributed by atoms with E-state index in [1.54, 1.807) is 0 Å². The SMILES string of the molecule is C=C(C(C)=O)C1CCC(=O)C1(C)CC. The first-order valence-corrected chi connectivity index (χ1v) is 5.16. The minimum Gasteiger partial charge on any atom is -0.299 e. The van der Waals surface area contributed by atoms with E-state index in [1.165, 1.54) is 6.92 Å². The average molecular weight is 194 g/mol. The van der Waals surface area contributed by atoms with E-state index in [9.17, 15) is 9.59 Å². The molecule has 1 saturated carbocycles. The summed E-state index contributed by atoms with van der Waals surface area (Å²) in [5, 5.41) is 0. The fraction of sp³-hybridized carbons (Fsp3) is 0.667. The maximum atomic E-state index is 11.7. The fourth-order valence-electron chi connectivity index (χ4n) is 2.32. The van der Waals surface area contributed by atoms with E-state index in [0.29, 0.717) is 12.0 Å². The zero-order chi connectivity index (χ0) is 10.9. The standard InChI is InChI=1S/C12H18O2/c1-5-12(4)10(6-7-11(12)14)8(2)9(3)13/h10H,2,5-7H2,1,3-4H3. The quantitative estimate of drug-likeness (QED) is 0.647. The zero-order valence-corrected chi connectivity index (χ0v) is 9.22. The van der Waals surface area contributed by atoms with Crippen molar-refractivity contribution in [3.63, 3.8) is 0 Å². The third-order valence-electron chi connectivity index (χ3n) is 3.67. The molecule has 0 amide bonds. The summed E-state index contributed by atoms with van der Waals surface area (Å²) in [6, 6.07) is 0. The van der Waals surface area contributed by atoms with Crippen molar-refractivity contribution in [1.82, 2.24) is 0 Å². The fourth-order valence-corrected chi connectivity index (χ4v) is 2.32. The van der Waals surface area contributed by atoms with Crippen LogP contribution in [0.1, 0.15) is 40.0 Å². The highest BCUT2D eigenvalue weighted by Gasteiger charge is 2.46. The van der Waals surface area contributed by atoms with E-state index in [-0.39, 0.29) is 22.9 Å². The van der Waals surface area contributed by atoms with Gasteiger partial charge in [-0.25, -0.2) is 0 Å². The normalized spacial score (nSPS) is 31.9. The van der Waals surface area contributed by atoms with Crippen molar-refractivity contribution in [3.05, 3.63) is 12.2 Å². The number of hydrogen-bond acceptors (Lipinski definition) is 2. The molecule has 0 N–H and O–H groups in total. The van der Waals surface area contributed by atoms with Crippen LogP contribution >= 0.6 is 0 Å². The van der Waals surface area contributed by atoms with Gasteiger partial charge < -0.3 is 0 Å². The Morgan fingerprint density at radius 3 is 2.64 bits per heavy atom. The van der Waals surface area contributed by atoms with E-state index >= 15 is 0 Å². The second-order valence-electron chi connectivity index (χ2n) is 4.37. The van der Waals surface area contributed by atoms with E-state index in [2.05, 4.69) is 6.58 Å². The van der Waals surface area contributed by atoms with Crippen molar-refractivity contribution in [2.75, 3.05) is 0 Å². The van der Waals surface area contributed by atoms with Gasteiger partial charge in [0.15, 0.2) is 5.78 Å². The number of rotatable bonds is 3. The van der Waals surface area contributed by atoms with Crippen LogP contribution in [0.2, 0.25) is 0 Å². The Morgan fingerprint density at radius 1 is 1.64 bits per heavy atom. The number of ketones is 2. The molecule has 0 heterocycles. The van der Waals surface area contributed by atoms with Crippen LogP contribution < -0.4 is 0 Å². The molecule has 0 aromatic carbocycles. The van der Waals surface area contributed by atoms with Crippen molar-refractivity contribution >= 4 is 11.6 Å². The largest absolute Gasteiger partial charge is 0.299 e. The molecule has 0 saturated heterocycles. The zero-order valence-electron chi connectivity index (χ0n) is 9.22. The molecule has 2 unspecified atom stereocenters. The molecular formula is C12H18O2. The summed E-state index contributed by atoms with van der Waals surface area (Å²) in [5.41, 5.74) is 0.281. The molecule has 14 heavy (non-hydrogen) atoms. The maximum Gasteiger partial charge on any atom is 0.155 e. The van der Waals surface area contributed by atoms with Crippen molar-refractivity contribution < 1.29 is 9.59 Å². The number of allylic oxidation sites excluding steroid dienone is 1. The van der Waals surface area contributed by atoms with E-state index < -0.39 is 0 Å². The Kier molecular flexibility index (Phi) is 2.93. The molecule has 1 rings (SSSR count). The maximum absolute atomic E-state index is 11.7. The van der Waals surface area contributed by atoms with Crippen molar-refractivity contribution in [2.45, 2.75) is 40.0 Å². The Bertz CT molecular complexity index is 291. The highest BCUT2D eigenvalue weighted by molar-refractivity contribution is 5.96. The summed E-state index contributed by atoms with van der Waals surface area (Å²) in [6.45, 7) is 9.30. The number of hydrogen-bond donors (Lipinski definition) is 0. The van der Waals surface area contributed by atoms with Crippen molar-refractivity contribution in [2.24, 2.45) is 11.3 Å². The van der Waals surface area contributed by atoms with E-state index in [0.717, 1.165) is 12.8 Å². The van der Waals surface area contributed by atoms with Crippen molar-refractivity contribution in [3.8, 4) is 0 Å². The second-order valence-corrected chi connectivity index (χ2v) is 4.37. The number of carbonyl (C=O) groups is 2. The van der Waals surface area contributed by atoms with Gasteiger partial charge in [0.25, 0.3) is 0 Å². The van der Waals surface area contributed by atoms with Crippen LogP contribution in [0.4, 0.5) is 0 Å². The lowest BCUT2D eigenvalue weighted by Crippen LogP contribution is -2.30. The summed E-state index contributed by atoms with van der Waals surface area (Å²) in [5.74, 6) is 0.370. The topological polar surface area (TPSA) is 34.1 Å². The van der Waals surface area contributed by atoms with Gasteiger partial charge in [-0.05, 0) is 31.3 Å². The molecule has 1 aliphatic rings. The summed E-state index contributed by atoms with van der Waals surface area (Å²) >= 11 is 0. The van der Waals surface area contributed by atoms with Crippen LogP contribution in [0, 0.1) is 11.3 Å². The van der Waals surface area contributed by atoms with Crippen molar-refractivity contribution in [1.29, 1.82) is 0 Å². The predicted octanol–water partition coefficient (Wildman–Crippen LogP) is 2.53. The minimum absolute atomic E-state index is 0.0179. The number of Topliss-reactive ketones (excluding diaryl/α,β-unsaturated/α-hetero) is 2. The molecule has 2 nitrogen and oxygen atoms in total. The van der Waals surface area contributed by atoms with Gasteiger partial charge in [0, 0.05) is 11.8 Å². The van der Waals surface area contributed by atoms with Gasteiger partial charge >= 0.3 is 0 Å². The van der Waals surface area contributed by atoms with Gasteiger partial charge in [0.05, 0.1) is 0 Å². The van der Waals surface area contributed by atoms with Crippen LogP contribution in [0.25, 0.3) is 0 Å². The van der Waals surface area contributed by atoms with Crippen LogP contribution in [-0.4, -0.2) is 11.6 Å². The first-order chi connectivity index (χ1) is 6.43. The third kappa shape index (κ3) is 1.54. The molecule has 0 aliphatic heterocycles. The molecule has 0 aromatic heterocycles. The predicted molar refractivity (Wildman–Crippen MR) is 56.0 cm³/mol. The lowest BCUT2D eigenvalue weighted by atomic mass is 9.73. The third-order valence-corrected chi connectivity index (χ3v) is 3.67.